The van der Waals surface area contributed by atoms with Gasteiger partial charge in [-0.1, -0.05) is 0 Å². The summed E-state index contributed by atoms with van der Waals surface area (Å²) in [6, 6.07) is 1.92. The molecule has 0 bridgehead atoms. The monoisotopic (exact) mass is 197 g/mol. The van der Waals surface area contributed by atoms with Crippen molar-refractivity contribution in [1.82, 2.24) is 14.7 Å². The molecule has 1 heterocycles. The Morgan fingerprint density at radius 3 is 2.93 bits per heavy atom. The lowest BCUT2D eigenvalue weighted by molar-refractivity contribution is -0.141. The number of hydrogen-bond donors (Lipinski definition) is 0. The highest BCUT2D eigenvalue weighted by Crippen LogP contribution is 2.00. The molecular weight excluding hydrogens is 182 g/mol. The fourth-order valence-corrected chi connectivity index (χ4v) is 1.17. The third kappa shape index (κ3) is 2.85. The zero-order chi connectivity index (χ0) is 10.6. The summed E-state index contributed by atoms with van der Waals surface area (Å²) < 4.78 is 6.35. The summed E-state index contributed by atoms with van der Waals surface area (Å²) in [4.78, 5) is 12.8. The molecule has 5 heteroatoms. The van der Waals surface area contributed by atoms with Gasteiger partial charge in [-0.05, 0) is 13.1 Å². The van der Waals surface area contributed by atoms with Gasteiger partial charge >= 0.3 is 5.97 Å². The molecule has 0 fully saturated rings. The Morgan fingerprint density at radius 1 is 1.71 bits per heavy atom. The molecule has 0 saturated carbocycles. The van der Waals surface area contributed by atoms with Gasteiger partial charge in [-0.3, -0.25) is 14.4 Å². The second kappa shape index (κ2) is 4.76. The number of ether oxygens (including phenoxy) is 1. The Kier molecular flexibility index (Phi) is 3.64. The van der Waals surface area contributed by atoms with Crippen molar-refractivity contribution in [3.05, 3.63) is 18.0 Å². The predicted molar refractivity (Wildman–Crippen MR) is 51.6 cm³/mol. The number of carbonyl (C=O) groups is 1. The summed E-state index contributed by atoms with van der Waals surface area (Å²) in [6.07, 6.45) is 1.74. The largest absolute Gasteiger partial charge is 0.468 e. The predicted octanol–water partition coefficient (Wildman–Crippen LogP) is 0.0249. The lowest BCUT2D eigenvalue weighted by Gasteiger charge is -2.14. The molecule has 0 unspecified atom stereocenters. The minimum Gasteiger partial charge on any atom is -0.468 e. The quantitative estimate of drug-likeness (QED) is 0.639. The standard InChI is InChI=1S/C9H15N3O2/c1-11(7-9(13)14-3)6-8-4-5-10-12(8)2/h4-5H,6-7H2,1-3H3. The van der Waals surface area contributed by atoms with E-state index in [9.17, 15) is 4.79 Å². The van der Waals surface area contributed by atoms with Crippen molar-refractivity contribution in [2.45, 2.75) is 6.54 Å². The van der Waals surface area contributed by atoms with Crippen molar-refractivity contribution in [2.24, 2.45) is 7.05 Å². The molecule has 14 heavy (non-hydrogen) atoms. The van der Waals surface area contributed by atoms with E-state index in [-0.39, 0.29) is 5.97 Å². The fraction of sp³-hybridized carbons (Fsp3) is 0.556. The molecule has 0 aliphatic carbocycles. The van der Waals surface area contributed by atoms with E-state index >= 15 is 0 Å². The molecule has 1 rings (SSSR count). The summed E-state index contributed by atoms with van der Waals surface area (Å²) in [5.41, 5.74) is 1.07. The molecule has 1 aromatic heterocycles. The topological polar surface area (TPSA) is 47.4 Å². The van der Waals surface area contributed by atoms with E-state index in [4.69, 9.17) is 0 Å². The third-order valence-corrected chi connectivity index (χ3v) is 1.98. The smallest absolute Gasteiger partial charge is 0.319 e. The van der Waals surface area contributed by atoms with Crippen molar-refractivity contribution < 1.29 is 9.53 Å². The van der Waals surface area contributed by atoms with Crippen LogP contribution in [0.1, 0.15) is 5.69 Å². The van der Waals surface area contributed by atoms with Gasteiger partial charge in [-0.15, -0.1) is 0 Å². The van der Waals surface area contributed by atoms with E-state index in [0.29, 0.717) is 13.1 Å². The number of carbonyl (C=O) groups excluding carboxylic acids is 1. The van der Waals surface area contributed by atoms with E-state index in [2.05, 4.69) is 9.84 Å². The molecule has 0 spiro atoms. The van der Waals surface area contributed by atoms with E-state index in [1.165, 1.54) is 7.11 Å². The molecule has 0 amide bonds. The van der Waals surface area contributed by atoms with Crippen LogP contribution in [0.2, 0.25) is 0 Å². The van der Waals surface area contributed by atoms with Gasteiger partial charge in [0.05, 0.1) is 19.3 Å². The van der Waals surface area contributed by atoms with Gasteiger partial charge in [-0.2, -0.15) is 5.10 Å². The Morgan fingerprint density at radius 2 is 2.43 bits per heavy atom. The maximum Gasteiger partial charge on any atom is 0.319 e. The summed E-state index contributed by atoms with van der Waals surface area (Å²) in [6.45, 7) is 0.979. The average Bonchev–Trinajstić information content (AvgIpc) is 2.51. The Bertz CT molecular complexity index is 309. The summed E-state index contributed by atoms with van der Waals surface area (Å²) in [5, 5.41) is 4.04. The van der Waals surface area contributed by atoms with Crippen molar-refractivity contribution in [3.63, 3.8) is 0 Å². The zero-order valence-electron chi connectivity index (χ0n) is 8.73. The minimum atomic E-state index is -0.227. The summed E-state index contributed by atoms with van der Waals surface area (Å²) >= 11 is 0. The Labute approximate surface area is 83.3 Å². The lowest BCUT2D eigenvalue weighted by Crippen LogP contribution is -2.27. The minimum absolute atomic E-state index is 0.227. The molecular formula is C9H15N3O2. The maximum atomic E-state index is 10.9. The molecule has 0 aliphatic heterocycles. The highest BCUT2D eigenvalue weighted by Gasteiger charge is 2.08. The van der Waals surface area contributed by atoms with Crippen LogP contribution in [0.5, 0.6) is 0 Å². The number of methoxy groups -OCH3 is 1. The Balaban J connectivity index is 2.45. The second-order valence-corrected chi connectivity index (χ2v) is 3.19. The molecule has 1 aromatic rings. The number of esters is 1. The van der Waals surface area contributed by atoms with Crippen molar-refractivity contribution >= 4 is 5.97 Å². The maximum absolute atomic E-state index is 10.9. The van der Waals surface area contributed by atoms with Gasteiger partial charge in [0.25, 0.3) is 0 Å². The van der Waals surface area contributed by atoms with Crippen molar-refractivity contribution in [2.75, 3.05) is 20.7 Å². The Hall–Kier alpha value is -1.36. The van der Waals surface area contributed by atoms with E-state index in [1.54, 1.807) is 10.9 Å². The van der Waals surface area contributed by atoms with Crippen LogP contribution in [-0.4, -0.2) is 41.4 Å². The number of hydrogen-bond acceptors (Lipinski definition) is 4. The van der Waals surface area contributed by atoms with E-state index < -0.39 is 0 Å². The first-order valence-electron chi connectivity index (χ1n) is 4.35. The second-order valence-electron chi connectivity index (χ2n) is 3.19. The zero-order valence-corrected chi connectivity index (χ0v) is 8.73. The number of nitrogens with zero attached hydrogens (tertiary/aromatic N) is 3. The van der Waals surface area contributed by atoms with Gasteiger partial charge in [0, 0.05) is 19.8 Å². The summed E-state index contributed by atoms with van der Waals surface area (Å²) in [7, 11) is 5.13. The highest BCUT2D eigenvalue weighted by molar-refractivity contribution is 5.71. The van der Waals surface area contributed by atoms with Crippen LogP contribution in [0.3, 0.4) is 0 Å². The van der Waals surface area contributed by atoms with Crippen LogP contribution in [0.15, 0.2) is 12.3 Å². The summed E-state index contributed by atoms with van der Waals surface area (Å²) in [5.74, 6) is -0.227. The normalized spacial score (nSPS) is 10.6. The highest BCUT2D eigenvalue weighted by atomic mass is 16.5. The van der Waals surface area contributed by atoms with Crippen LogP contribution < -0.4 is 0 Å². The van der Waals surface area contributed by atoms with Crippen LogP contribution in [-0.2, 0) is 23.1 Å². The van der Waals surface area contributed by atoms with Gasteiger partial charge < -0.3 is 4.74 Å². The first kappa shape index (κ1) is 10.7. The number of aryl methyl sites for hydroxylation is 1. The molecule has 78 valence electrons. The molecule has 0 atom stereocenters. The molecule has 0 saturated heterocycles. The van der Waals surface area contributed by atoms with Gasteiger partial charge in [0.2, 0.25) is 0 Å². The van der Waals surface area contributed by atoms with Gasteiger partial charge in [-0.25, -0.2) is 0 Å². The fourth-order valence-electron chi connectivity index (χ4n) is 1.17. The third-order valence-electron chi connectivity index (χ3n) is 1.98. The number of rotatable bonds is 4. The van der Waals surface area contributed by atoms with Gasteiger partial charge in [0.1, 0.15) is 0 Å². The molecule has 0 aliphatic rings. The number of aromatic nitrogens is 2. The van der Waals surface area contributed by atoms with Crippen LogP contribution in [0.4, 0.5) is 0 Å². The van der Waals surface area contributed by atoms with Crippen molar-refractivity contribution in [3.8, 4) is 0 Å². The van der Waals surface area contributed by atoms with Crippen molar-refractivity contribution in [1.29, 1.82) is 0 Å². The van der Waals surface area contributed by atoms with Gasteiger partial charge in [0.15, 0.2) is 0 Å². The van der Waals surface area contributed by atoms with Crippen LogP contribution in [0, 0.1) is 0 Å². The van der Waals surface area contributed by atoms with E-state index in [1.807, 2.05) is 25.1 Å². The lowest BCUT2D eigenvalue weighted by atomic mass is 10.4. The van der Waals surface area contributed by atoms with Crippen LogP contribution >= 0.6 is 0 Å². The van der Waals surface area contributed by atoms with Crippen LogP contribution in [0.25, 0.3) is 0 Å². The molecule has 0 aromatic carbocycles. The molecule has 0 N–H and O–H groups in total. The molecule has 5 nitrogen and oxygen atoms in total. The number of likely N-dealkylation sites (N-methyl/N-ethyl adjacent to an activating group) is 1. The first-order chi connectivity index (χ1) is 6.63. The first-order valence-corrected chi connectivity index (χ1v) is 4.35. The van der Waals surface area contributed by atoms with E-state index in [0.717, 1.165) is 5.69 Å². The molecule has 0 radical (unpaired) electrons. The SMILES string of the molecule is COC(=O)CN(C)Cc1ccnn1C. The average molecular weight is 197 g/mol.